The van der Waals surface area contributed by atoms with Crippen LogP contribution in [0.25, 0.3) is 0 Å². The predicted molar refractivity (Wildman–Crippen MR) is 99.4 cm³/mol. The van der Waals surface area contributed by atoms with Gasteiger partial charge in [0.15, 0.2) is 5.96 Å². The lowest BCUT2D eigenvalue weighted by molar-refractivity contribution is 0.486. The predicted octanol–water partition coefficient (Wildman–Crippen LogP) is 3.00. The van der Waals surface area contributed by atoms with Crippen molar-refractivity contribution in [3.8, 4) is 0 Å². The van der Waals surface area contributed by atoms with E-state index in [1.807, 2.05) is 19.4 Å². The van der Waals surface area contributed by atoms with Gasteiger partial charge in [-0.3, -0.25) is 9.98 Å². The third-order valence-corrected chi connectivity index (χ3v) is 4.78. The van der Waals surface area contributed by atoms with Crippen LogP contribution < -0.4 is 5.32 Å². The minimum Gasteiger partial charge on any atom is -0.356 e. The third kappa shape index (κ3) is 3.94. The van der Waals surface area contributed by atoms with Gasteiger partial charge in [-0.2, -0.15) is 0 Å². The number of likely N-dealkylation sites (tertiary alicyclic amines) is 1. The van der Waals surface area contributed by atoms with Gasteiger partial charge >= 0.3 is 0 Å². The van der Waals surface area contributed by atoms with Gasteiger partial charge in [-0.1, -0.05) is 30.3 Å². The van der Waals surface area contributed by atoms with Gasteiger partial charge in [0.1, 0.15) is 0 Å². The fourth-order valence-electron chi connectivity index (χ4n) is 3.37. The minimum atomic E-state index is 0.604. The Bertz CT molecular complexity index is 681. The molecule has 1 unspecified atom stereocenters. The van der Waals surface area contributed by atoms with E-state index in [2.05, 4.69) is 63.5 Å². The second kappa shape index (κ2) is 7.95. The van der Waals surface area contributed by atoms with E-state index in [1.54, 1.807) is 0 Å². The van der Waals surface area contributed by atoms with Crippen molar-refractivity contribution in [1.29, 1.82) is 0 Å². The van der Waals surface area contributed by atoms with E-state index in [9.17, 15) is 0 Å². The molecular formula is C20H26N4. The second-order valence-electron chi connectivity index (χ2n) is 6.37. The zero-order valence-electron chi connectivity index (χ0n) is 14.6. The second-order valence-corrected chi connectivity index (χ2v) is 6.37. The summed E-state index contributed by atoms with van der Waals surface area (Å²) in [6.07, 6.45) is 5.97. The van der Waals surface area contributed by atoms with E-state index < -0.39 is 0 Å². The summed E-state index contributed by atoms with van der Waals surface area (Å²) >= 11 is 0. The van der Waals surface area contributed by atoms with Gasteiger partial charge in [0, 0.05) is 45.0 Å². The molecule has 1 N–H and O–H groups in total. The lowest BCUT2D eigenvalue weighted by atomic mass is 9.99. The standard InChI is InChI=1S/C20H26N4/c1-16-14-22-11-8-17(16)9-12-23-20(21-2)24-13-10-19(15-24)18-6-4-3-5-7-18/h3-8,11,14,19H,9-10,12-13,15H2,1-2H3,(H,21,23). The molecule has 0 aliphatic carbocycles. The van der Waals surface area contributed by atoms with Gasteiger partial charge in [0.05, 0.1) is 0 Å². The van der Waals surface area contributed by atoms with Crippen molar-refractivity contribution in [2.45, 2.75) is 25.7 Å². The first-order valence-electron chi connectivity index (χ1n) is 8.68. The van der Waals surface area contributed by atoms with Crippen LogP contribution in [0.4, 0.5) is 0 Å². The number of aliphatic imine (C=N–C) groups is 1. The van der Waals surface area contributed by atoms with Crippen LogP contribution in [0, 0.1) is 6.92 Å². The Morgan fingerprint density at radius 1 is 1.29 bits per heavy atom. The lowest BCUT2D eigenvalue weighted by Gasteiger charge is -2.22. The van der Waals surface area contributed by atoms with Gasteiger partial charge in [-0.05, 0) is 42.5 Å². The smallest absolute Gasteiger partial charge is 0.193 e. The van der Waals surface area contributed by atoms with Crippen LogP contribution in [0.2, 0.25) is 0 Å². The Morgan fingerprint density at radius 2 is 2.12 bits per heavy atom. The number of aromatic nitrogens is 1. The van der Waals surface area contributed by atoms with Crippen molar-refractivity contribution in [2.75, 3.05) is 26.7 Å². The number of rotatable bonds is 4. The number of nitrogens with zero attached hydrogens (tertiary/aromatic N) is 3. The quantitative estimate of drug-likeness (QED) is 0.695. The van der Waals surface area contributed by atoms with Crippen molar-refractivity contribution < 1.29 is 0 Å². The normalized spacial score (nSPS) is 18.0. The summed E-state index contributed by atoms with van der Waals surface area (Å²) in [6.45, 7) is 5.11. The molecule has 0 bridgehead atoms. The average Bonchev–Trinajstić information content (AvgIpc) is 3.11. The number of aryl methyl sites for hydroxylation is 1. The molecule has 1 aliphatic rings. The molecule has 1 aliphatic heterocycles. The van der Waals surface area contributed by atoms with E-state index >= 15 is 0 Å². The Balaban J connectivity index is 1.53. The molecule has 126 valence electrons. The highest BCUT2D eigenvalue weighted by Gasteiger charge is 2.25. The number of pyridine rings is 1. The molecule has 0 amide bonds. The molecule has 1 atom stereocenters. The molecule has 24 heavy (non-hydrogen) atoms. The van der Waals surface area contributed by atoms with Crippen molar-refractivity contribution in [2.24, 2.45) is 4.99 Å². The summed E-state index contributed by atoms with van der Waals surface area (Å²) < 4.78 is 0. The summed E-state index contributed by atoms with van der Waals surface area (Å²) in [5.41, 5.74) is 4.03. The molecule has 1 saturated heterocycles. The van der Waals surface area contributed by atoms with Crippen LogP contribution in [0.1, 0.15) is 29.0 Å². The highest BCUT2D eigenvalue weighted by atomic mass is 15.3. The van der Waals surface area contributed by atoms with E-state index in [0.717, 1.165) is 32.0 Å². The molecule has 2 aromatic rings. The average molecular weight is 322 g/mol. The Labute approximate surface area is 144 Å². The number of nitrogens with one attached hydrogen (secondary N) is 1. The van der Waals surface area contributed by atoms with Crippen molar-refractivity contribution in [1.82, 2.24) is 15.2 Å². The summed E-state index contributed by atoms with van der Waals surface area (Å²) in [6, 6.07) is 12.9. The largest absolute Gasteiger partial charge is 0.356 e. The molecule has 4 heteroatoms. The van der Waals surface area contributed by atoms with Crippen LogP contribution in [-0.2, 0) is 6.42 Å². The SMILES string of the molecule is CN=C(NCCc1ccncc1C)N1CCC(c2ccccc2)C1. The number of benzene rings is 1. The van der Waals surface area contributed by atoms with Crippen LogP contribution in [0.15, 0.2) is 53.8 Å². The molecule has 0 spiro atoms. The molecule has 4 nitrogen and oxygen atoms in total. The first kappa shape index (κ1) is 16.5. The van der Waals surface area contributed by atoms with Crippen molar-refractivity contribution in [3.63, 3.8) is 0 Å². The summed E-state index contributed by atoms with van der Waals surface area (Å²) in [7, 11) is 1.87. The van der Waals surface area contributed by atoms with Crippen LogP contribution in [0.3, 0.4) is 0 Å². The summed E-state index contributed by atoms with van der Waals surface area (Å²) in [5, 5.41) is 3.51. The van der Waals surface area contributed by atoms with E-state index in [0.29, 0.717) is 5.92 Å². The topological polar surface area (TPSA) is 40.5 Å². The van der Waals surface area contributed by atoms with Crippen LogP contribution >= 0.6 is 0 Å². The maximum Gasteiger partial charge on any atom is 0.193 e. The molecule has 0 radical (unpaired) electrons. The maximum atomic E-state index is 4.47. The molecule has 3 rings (SSSR count). The number of hydrogen-bond acceptors (Lipinski definition) is 2. The van der Waals surface area contributed by atoms with E-state index in [1.165, 1.54) is 23.1 Å². The molecule has 1 aromatic heterocycles. The van der Waals surface area contributed by atoms with Crippen molar-refractivity contribution >= 4 is 5.96 Å². The number of guanidine groups is 1. The maximum absolute atomic E-state index is 4.47. The Kier molecular flexibility index (Phi) is 5.47. The third-order valence-electron chi connectivity index (χ3n) is 4.78. The minimum absolute atomic E-state index is 0.604. The van der Waals surface area contributed by atoms with Gasteiger partial charge in [0.2, 0.25) is 0 Å². The van der Waals surface area contributed by atoms with Crippen LogP contribution in [0.5, 0.6) is 0 Å². The van der Waals surface area contributed by atoms with Crippen LogP contribution in [-0.4, -0.2) is 42.5 Å². The molecule has 2 heterocycles. The molecule has 0 saturated carbocycles. The first-order valence-corrected chi connectivity index (χ1v) is 8.68. The summed E-state index contributed by atoms with van der Waals surface area (Å²) in [5.74, 6) is 1.62. The highest BCUT2D eigenvalue weighted by Crippen LogP contribution is 2.26. The molecule has 1 fully saturated rings. The lowest BCUT2D eigenvalue weighted by Crippen LogP contribution is -2.40. The number of hydrogen-bond donors (Lipinski definition) is 1. The highest BCUT2D eigenvalue weighted by molar-refractivity contribution is 5.80. The monoisotopic (exact) mass is 322 g/mol. The van der Waals surface area contributed by atoms with E-state index in [4.69, 9.17) is 0 Å². The zero-order valence-corrected chi connectivity index (χ0v) is 14.6. The van der Waals surface area contributed by atoms with E-state index in [-0.39, 0.29) is 0 Å². The molecular weight excluding hydrogens is 296 g/mol. The fourth-order valence-corrected chi connectivity index (χ4v) is 3.37. The Hall–Kier alpha value is -2.36. The van der Waals surface area contributed by atoms with Gasteiger partial charge in [0.25, 0.3) is 0 Å². The van der Waals surface area contributed by atoms with Gasteiger partial charge < -0.3 is 10.2 Å². The van der Waals surface area contributed by atoms with Gasteiger partial charge in [-0.15, -0.1) is 0 Å². The zero-order chi connectivity index (χ0) is 16.8. The Morgan fingerprint density at radius 3 is 2.88 bits per heavy atom. The van der Waals surface area contributed by atoms with Crippen molar-refractivity contribution in [3.05, 3.63) is 65.5 Å². The first-order chi connectivity index (χ1) is 11.8. The fraction of sp³-hybridized carbons (Fsp3) is 0.400. The molecule has 1 aromatic carbocycles. The summed E-state index contributed by atoms with van der Waals surface area (Å²) in [4.78, 5) is 11.0. The van der Waals surface area contributed by atoms with Gasteiger partial charge in [-0.25, -0.2) is 0 Å².